The Morgan fingerprint density at radius 1 is 1.32 bits per heavy atom. The van der Waals surface area contributed by atoms with Gasteiger partial charge in [0.1, 0.15) is 6.54 Å². The average molecular weight is 325 g/mol. The van der Waals surface area contributed by atoms with Crippen molar-refractivity contribution in [3.63, 3.8) is 0 Å². The molecule has 100 valence electrons. The third-order valence-electron chi connectivity index (χ3n) is 2.78. The number of carboxylic acid groups (broad SMARTS) is 1. The molecule has 6 heteroatoms. The van der Waals surface area contributed by atoms with E-state index in [1.54, 1.807) is 0 Å². The molecule has 0 unspecified atom stereocenters. The zero-order chi connectivity index (χ0) is 13.8. The lowest BCUT2D eigenvalue weighted by molar-refractivity contribution is -0.137. The molecule has 1 amide bonds. The highest BCUT2D eigenvalue weighted by Gasteiger charge is 2.07. The Hall–Kier alpha value is -1.82. The number of fused-ring (bicyclic) bond motifs is 1. The fraction of sp³-hybridized carbons (Fsp3) is 0.231. The summed E-state index contributed by atoms with van der Waals surface area (Å²) in [5.41, 5.74) is 1.04. The van der Waals surface area contributed by atoms with Crippen LogP contribution in [-0.4, -0.2) is 28.1 Å². The fourth-order valence-electron chi connectivity index (χ4n) is 1.87. The van der Waals surface area contributed by atoms with Crippen molar-refractivity contribution in [1.29, 1.82) is 0 Å². The molecule has 1 aromatic carbocycles. The number of rotatable bonds is 5. The van der Waals surface area contributed by atoms with E-state index in [1.807, 2.05) is 35.0 Å². The third-order valence-corrected chi connectivity index (χ3v) is 3.47. The number of carboxylic acids is 1. The van der Waals surface area contributed by atoms with E-state index in [2.05, 4.69) is 21.2 Å². The molecule has 0 spiro atoms. The average Bonchev–Trinajstić information content (AvgIpc) is 2.78. The molecule has 0 aliphatic carbocycles. The van der Waals surface area contributed by atoms with Crippen LogP contribution in [0, 0.1) is 0 Å². The maximum atomic E-state index is 11.4. The van der Waals surface area contributed by atoms with Crippen LogP contribution in [0.25, 0.3) is 10.9 Å². The first-order valence-electron chi connectivity index (χ1n) is 5.80. The van der Waals surface area contributed by atoms with Crippen LogP contribution in [0.2, 0.25) is 0 Å². The van der Waals surface area contributed by atoms with Gasteiger partial charge in [-0.3, -0.25) is 9.59 Å². The summed E-state index contributed by atoms with van der Waals surface area (Å²) in [6.07, 6.45) is 2.17. The van der Waals surface area contributed by atoms with E-state index in [0.717, 1.165) is 15.4 Å². The fourth-order valence-corrected chi connectivity index (χ4v) is 2.35. The van der Waals surface area contributed by atoms with Crippen LogP contribution in [0.3, 0.4) is 0 Å². The number of aliphatic carboxylic acids is 1. The van der Waals surface area contributed by atoms with Gasteiger partial charge in [-0.25, -0.2) is 0 Å². The Labute approximate surface area is 118 Å². The van der Waals surface area contributed by atoms with Crippen LogP contribution in [0.1, 0.15) is 6.42 Å². The molecule has 2 N–H and O–H groups in total. The quantitative estimate of drug-likeness (QED) is 0.883. The molecule has 19 heavy (non-hydrogen) atoms. The predicted molar refractivity (Wildman–Crippen MR) is 74.9 cm³/mol. The van der Waals surface area contributed by atoms with Gasteiger partial charge in [0.05, 0.1) is 0 Å². The second-order valence-electron chi connectivity index (χ2n) is 4.10. The summed E-state index contributed by atoms with van der Waals surface area (Å²) in [5.74, 6) is -1.30. The van der Waals surface area contributed by atoms with Crippen molar-refractivity contribution in [2.75, 3.05) is 6.54 Å². The van der Waals surface area contributed by atoms with Crippen LogP contribution in [-0.2, 0) is 16.1 Å². The van der Waals surface area contributed by atoms with Gasteiger partial charge < -0.3 is 15.0 Å². The first-order chi connectivity index (χ1) is 9.08. The van der Waals surface area contributed by atoms with Gasteiger partial charge in [-0.2, -0.15) is 0 Å². The van der Waals surface area contributed by atoms with Crippen LogP contribution >= 0.6 is 15.9 Å². The number of nitrogens with zero attached hydrogens (tertiary/aromatic N) is 1. The van der Waals surface area contributed by atoms with E-state index in [1.165, 1.54) is 0 Å². The van der Waals surface area contributed by atoms with Gasteiger partial charge in [0.2, 0.25) is 5.91 Å². The number of hydrogen-bond donors (Lipinski definition) is 2. The van der Waals surface area contributed by atoms with Crippen molar-refractivity contribution >= 4 is 38.7 Å². The van der Waals surface area contributed by atoms with Crippen LogP contribution < -0.4 is 5.32 Å². The monoisotopic (exact) mass is 324 g/mol. The van der Waals surface area contributed by atoms with Crippen LogP contribution in [0.15, 0.2) is 34.9 Å². The van der Waals surface area contributed by atoms with E-state index in [9.17, 15) is 9.59 Å². The van der Waals surface area contributed by atoms with Gasteiger partial charge in [0, 0.05) is 34.5 Å². The molecule has 0 saturated heterocycles. The normalized spacial score (nSPS) is 10.6. The second-order valence-corrected chi connectivity index (χ2v) is 4.96. The number of carbonyl (C=O) groups is 2. The number of aromatic nitrogens is 1. The highest BCUT2D eigenvalue weighted by Crippen LogP contribution is 2.24. The molecule has 2 aromatic rings. The van der Waals surface area contributed by atoms with Crippen molar-refractivity contribution in [2.45, 2.75) is 13.0 Å². The third kappa shape index (κ3) is 3.35. The Morgan fingerprint density at radius 2 is 2.11 bits per heavy atom. The van der Waals surface area contributed by atoms with Gasteiger partial charge >= 0.3 is 5.97 Å². The van der Waals surface area contributed by atoms with E-state index in [0.29, 0.717) is 6.54 Å². The van der Waals surface area contributed by atoms with Crippen molar-refractivity contribution in [1.82, 2.24) is 9.88 Å². The number of hydrogen-bond acceptors (Lipinski definition) is 2. The molecule has 0 bridgehead atoms. The molecular weight excluding hydrogens is 312 g/mol. The van der Waals surface area contributed by atoms with Crippen molar-refractivity contribution < 1.29 is 14.7 Å². The summed E-state index contributed by atoms with van der Waals surface area (Å²) in [7, 11) is 0. The minimum atomic E-state index is -1.04. The number of benzene rings is 1. The van der Waals surface area contributed by atoms with Gasteiger partial charge in [-0.05, 0) is 18.2 Å². The molecule has 0 fully saturated rings. The van der Waals surface area contributed by atoms with E-state index in [4.69, 9.17) is 5.11 Å². The molecule has 0 saturated carbocycles. The van der Waals surface area contributed by atoms with E-state index < -0.39 is 5.97 Å². The number of nitrogens with one attached hydrogen (secondary N) is 1. The highest BCUT2D eigenvalue weighted by molar-refractivity contribution is 9.10. The lowest BCUT2D eigenvalue weighted by Gasteiger charge is -2.06. The first kappa shape index (κ1) is 13.6. The molecule has 0 atom stereocenters. The van der Waals surface area contributed by atoms with Gasteiger partial charge in [-0.15, -0.1) is 0 Å². The summed E-state index contributed by atoms with van der Waals surface area (Å²) in [4.78, 5) is 21.8. The Balaban J connectivity index is 2.00. The summed E-state index contributed by atoms with van der Waals surface area (Å²) in [5, 5.41) is 11.9. The molecule has 0 aliphatic heterocycles. The van der Waals surface area contributed by atoms with Gasteiger partial charge in [0.15, 0.2) is 0 Å². The summed E-state index contributed by atoms with van der Waals surface area (Å²) in [6, 6.07) is 7.86. The maximum Gasteiger partial charge on any atom is 0.322 e. The molecule has 0 aliphatic rings. The summed E-state index contributed by atoms with van der Waals surface area (Å²) < 4.78 is 2.99. The Kier molecular flexibility index (Phi) is 4.21. The standard InChI is InChI=1S/C13H13BrN2O3/c14-10-2-1-3-11-9(10)4-6-16(11)7-5-12(17)15-8-13(18)19/h1-4,6H,5,7-8H2,(H,15,17)(H,18,19). The first-order valence-corrected chi connectivity index (χ1v) is 6.59. The minimum Gasteiger partial charge on any atom is -0.480 e. The molecule has 1 heterocycles. The van der Waals surface area contributed by atoms with Gasteiger partial charge in [-0.1, -0.05) is 22.0 Å². The van der Waals surface area contributed by atoms with Crippen molar-refractivity contribution in [3.05, 3.63) is 34.9 Å². The smallest absolute Gasteiger partial charge is 0.322 e. The number of aryl methyl sites for hydroxylation is 1. The van der Waals surface area contributed by atoms with Crippen LogP contribution in [0.4, 0.5) is 0 Å². The molecule has 2 rings (SSSR count). The van der Waals surface area contributed by atoms with Crippen molar-refractivity contribution in [2.24, 2.45) is 0 Å². The summed E-state index contributed by atoms with van der Waals surface area (Å²) >= 11 is 3.47. The van der Waals surface area contributed by atoms with Gasteiger partial charge in [0.25, 0.3) is 0 Å². The number of carbonyl (C=O) groups excluding carboxylic acids is 1. The molecule has 5 nitrogen and oxygen atoms in total. The lowest BCUT2D eigenvalue weighted by Crippen LogP contribution is -2.29. The highest BCUT2D eigenvalue weighted by atomic mass is 79.9. The molecular formula is C13H13BrN2O3. The number of halogens is 1. The zero-order valence-electron chi connectivity index (χ0n) is 10.1. The number of amides is 1. The zero-order valence-corrected chi connectivity index (χ0v) is 11.7. The summed E-state index contributed by atoms with van der Waals surface area (Å²) in [6.45, 7) is 0.183. The van der Waals surface area contributed by atoms with E-state index in [-0.39, 0.29) is 18.9 Å². The topological polar surface area (TPSA) is 71.3 Å². The minimum absolute atomic E-state index is 0.254. The Bertz CT molecular complexity index is 621. The Morgan fingerprint density at radius 3 is 2.84 bits per heavy atom. The largest absolute Gasteiger partial charge is 0.480 e. The maximum absolute atomic E-state index is 11.4. The predicted octanol–water partition coefficient (Wildman–Crippen LogP) is 1.99. The van der Waals surface area contributed by atoms with Crippen LogP contribution in [0.5, 0.6) is 0 Å². The van der Waals surface area contributed by atoms with E-state index >= 15 is 0 Å². The van der Waals surface area contributed by atoms with Crippen molar-refractivity contribution in [3.8, 4) is 0 Å². The SMILES string of the molecule is O=C(O)CNC(=O)CCn1ccc2c(Br)cccc21. The molecule has 1 aromatic heterocycles. The lowest BCUT2D eigenvalue weighted by atomic mass is 10.2. The second kappa shape index (κ2) is 5.88. The molecule has 0 radical (unpaired) electrons.